The molecular formula is C3H10BBr2N. The summed E-state index contributed by atoms with van der Waals surface area (Å²) in [5.74, 6) is 0. The average molecular weight is 231 g/mol. The van der Waals surface area contributed by atoms with Gasteiger partial charge in [-0.1, -0.05) is 0 Å². The van der Waals surface area contributed by atoms with E-state index < -0.39 is 0 Å². The number of hydrogen-bond donors (Lipinski definition) is 0. The molecule has 0 saturated carbocycles. The Morgan fingerprint density at radius 2 is 1.29 bits per heavy atom. The standard InChI is InChI=1S/C3H10BBr2N/c1-7(2,3)4(5)6/h4H,1-3H3. The molecule has 44 valence electrons. The number of quaternary nitrogens is 1. The molecule has 0 aromatic rings. The second kappa shape index (κ2) is 2.51. The molecule has 0 saturated heterocycles. The molecule has 7 heavy (non-hydrogen) atoms. The van der Waals surface area contributed by atoms with Gasteiger partial charge in [0.1, 0.15) is 0 Å². The Balaban J connectivity index is 3.54. The van der Waals surface area contributed by atoms with Crippen molar-refractivity contribution < 1.29 is 4.39 Å². The minimum absolute atomic E-state index is 0.333. The minimum atomic E-state index is -0.333. The van der Waals surface area contributed by atoms with Gasteiger partial charge in [-0.2, -0.15) is 0 Å². The molecule has 0 rings (SSSR count). The first-order chi connectivity index (χ1) is 2.94. The fourth-order valence-electron chi connectivity index (χ4n) is 0. The topological polar surface area (TPSA) is 0 Å². The van der Waals surface area contributed by atoms with Crippen LogP contribution < -0.4 is 0 Å². The van der Waals surface area contributed by atoms with Crippen molar-refractivity contribution in [2.24, 2.45) is 0 Å². The van der Waals surface area contributed by atoms with E-state index in [4.69, 9.17) is 0 Å². The predicted octanol–water partition coefficient (Wildman–Crippen LogP) is 1.20. The number of hydrogen-bond acceptors (Lipinski definition) is 0. The van der Waals surface area contributed by atoms with E-state index >= 15 is 0 Å². The molecule has 1 nitrogen and oxygen atoms in total. The Bertz CT molecular complexity index is 58.4. The van der Waals surface area contributed by atoms with Crippen molar-refractivity contribution in [3.63, 3.8) is 0 Å². The molecule has 0 fully saturated rings. The summed E-state index contributed by atoms with van der Waals surface area (Å²) in [7, 11) is 6.43. The van der Waals surface area contributed by atoms with Crippen LogP contribution in [-0.2, 0) is 0 Å². The lowest BCUT2D eigenvalue weighted by Crippen LogP contribution is -2.41. The first-order valence-corrected chi connectivity index (χ1v) is 4.44. The molecular weight excluding hydrogens is 221 g/mol. The maximum absolute atomic E-state index is 3.47. The van der Waals surface area contributed by atoms with Gasteiger partial charge in [0.2, 0.25) is 0 Å². The Morgan fingerprint density at radius 3 is 1.29 bits per heavy atom. The molecule has 0 aliphatic carbocycles. The average Bonchev–Trinajstić information content (AvgIpc) is 1.31. The molecule has 0 heterocycles. The van der Waals surface area contributed by atoms with E-state index in [0.29, 0.717) is 0 Å². The second-order valence-electron chi connectivity index (χ2n) is 2.63. The van der Waals surface area contributed by atoms with Gasteiger partial charge >= 0.3 is 4.50 Å². The van der Waals surface area contributed by atoms with Crippen LogP contribution in [0, 0.1) is 0 Å². The third kappa shape index (κ3) is 3.56. The molecule has 0 unspecified atom stereocenters. The first-order valence-electron chi connectivity index (χ1n) is 2.19. The van der Waals surface area contributed by atoms with E-state index in [-0.39, 0.29) is 4.50 Å². The highest BCUT2D eigenvalue weighted by Crippen LogP contribution is 2.10. The van der Waals surface area contributed by atoms with Crippen LogP contribution >= 0.6 is 31.5 Å². The Kier molecular flexibility index (Phi) is 2.86. The van der Waals surface area contributed by atoms with Crippen molar-refractivity contribution in [3.05, 3.63) is 0 Å². The maximum atomic E-state index is 3.47. The molecule has 0 spiro atoms. The normalized spacial score (nSPS) is 12.9. The van der Waals surface area contributed by atoms with Gasteiger partial charge in [-0.3, -0.25) is 31.5 Å². The van der Waals surface area contributed by atoms with Crippen molar-refractivity contribution in [3.8, 4) is 0 Å². The van der Waals surface area contributed by atoms with Crippen LogP contribution in [0.5, 0.6) is 0 Å². The Morgan fingerprint density at radius 1 is 1.14 bits per heavy atom. The van der Waals surface area contributed by atoms with Crippen LogP contribution in [0.25, 0.3) is 0 Å². The maximum Gasteiger partial charge on any atom is 0.318 e. The van der Waals surface area contributed by atoms with Gasteiger partial charge in [-0.15, -0.1) is 0 Å². The highest BCUT2D eigenvalue weighted by Gasteiger charge is 2.08. The summed E-state index contributed by atoms with van der Waals surface area (Å²) in [5, 5.41) is 0. The number of nitrogens with zero attached hydrogens (tertiary/aromatic N) is 1. The summed E-state index contributed by atoms with van der Waals surface area (Å²) in [4.78, 5) is 0. The fourth-order valence-corrected chi connectivity index (χ4v) is 0. The van der Waals surface area contributed by atoms with E-state index in [0.717, 1.165) is 4.39 Å². The van der Waals surface area contributed by atoms with E-state index in [1.165, 1.54) is 0 Å². The van der Waals surface area contributed by atoms with Crippen molar-refractivity contribution in [2.45, 2.75) is 0 Å². The van der Waals surface area contributed by atoms with Crippen LogP contribution in [0.15, 0.2) is 0 Å². The highest BCUT2D eigenvalue weighted by atomic mass is 79.9. The minimum Gasteiger partial charge on any atom is -0.506 e. The van der Waals surface area contributed by atoms with Crippen molar-refractivity contribution in [2.75, 3.05) is 21.1 Å². The zero-order valence-electron chi connectivity index (χ0n) is 4.91. The summed E-state index contributed by atoms with van der Waals surface area (Å²) in [6.45, 7) is 0. The van der Waals surface area contributed by atoms with Crippen LogP contribution in [0.3, 0.4) is 0 Å². The molecule has 0 bridgehead atoms. The van der Waals surface area contributed by atoms with E-state index in [1.54, 1.807) is 0 Å². The lowest BCUT2D eigenvalue weighted by molar-refractivity contribution is -0.753. The van der Waals surface area contributed by atoms with Gasteiger partial charge in [-0.25, -0.2) is 0 Å². The zero-order chi connectivity index (χ0) is 6.08. The molecule has 0 atom stereocenters. The third-order valence-corrected chi connectivity index (χ3v) is 3.73. The molecule has 0 aliphatic rings. The second-order valence-corrected chi connectivity index (χ2v) is 6.26. The molecule has 0 aromatic heterocycles. The highest BCUT2D eigenvalue weighted by molar-refractivity contribution is 9.48. The van der Waals surface area contributed by atoms with Crippen molar-refractivity contribution in [1.29, 1.82) is 0 Å². The summed E-state index contributed by atoms with van der Waals surface area (Å²) < 4.78 is 0.639. The largest absolute Gasteiger partial charge is 0.506 e. The molecule has 4 heteroatoms. The SMILES string of the molecule is C[N+](C)(C)[BH-](Br)Br. The van der Waals surface area contributed by atoms with Crippen LogP contribution in [0.4, 0.5) is 0 Å². The third-order valence-electron chi connectivity index (χ3n) is 0.717. The molecule has 0 radical (unpaired) electrons. The van der Waals surface area contributed by atoms with Gasteiger partial charge < -0.3 is 4.39 Å². The predicted molar refractivity (Wildman–Crippen MR) is 43.0 cm³/mol. The number of halogens is 2. The van der Waals surface area contributed by atoms with Crippen LogP contribution in [0.1, 0.15) is 0 Å². The lowest BCUT2D eigenvalue weighted by Gasteiger charge is -2.35. The zero-order valence-corrected chi connectivity index (χ0v) is 8.08. The van der Waals surface area contributed by atoms with E-state index in [1.807, 2.05) is 0 Å². The Hall–Kier alpha value is 0.985. The summed E-state index contributed by atoms with van der Waals surface area (Å²) in [5.41, 5.74) is 0. The summed E-state index contributed by atoms with van der Waals surface area (Å²) in [6, 6.07) is 0. The number of rotatable bonds is 1. The monoisotopic (exact) mass is 229 g/mol. The van der Waals surface area contributed by atoms with E-state index in [2.05, 4.69) is 52.7 Å². The van der Waals surface area contributed by atoms with Gasteiger partial charge in [-0.05, 0) is 0 Å². The van der Waals surface area contributed by atoms with Crippen LogP contribution in [-0.4, -0.2) is 30.0 Å². The Labute approximate surface area is 61.7 Å². The molecule has 0 aromatic carbocycles. The lowest BCUT2D eigenvalue weighted by atomic mass is 10.3. The van der Waals surface area contributed by atoms with Crippen molar-refractivity contribution in [1.82, 2.24) is 0 Å². The first kappa shape index (κ1) is 7.98. The summed E-state index contributed by atoms with van der Waals surface area (Å²) in [6.07, 6.45) is 0. The quantitative estimate of drug-likeness (QED) is 0.594. The molecule has 0 N–H and O–H groups in total. The molecule has 0 amide bonds. The van der Waals surface area contributed by atoms with E-state index in [9.17, 15) is 0 Å². The van der Waals surface area contributed by atoms with Gasteiger partial charge in [0.25, 0.3) is 0 Å². The van der Waals surface area contributed by atoms with Gasteiger partial charge in [0, 0.05) is 21.1 Å². The summed E-state index contributed by atoms with van der Waals surface area (Å²) >= 11 is 6.93. The van der Waals surface area contributed by atoms with Crippen LogP contribution in [0.2, 0.25) is 0 Å². The van der Waals surface area contributed by atoms with Crippen molar-refractivity contribution >= 4 is 36.0 Å². The van der Waals surface area contributed by atoms with Gasteiger partial charge in [0.15, 0.2) is 0 Å². The van der Waals surface area contributed by atoms with Gasteiger partial charge in [0.05, 0.1) is 0 Å². The smallest absolute Gasteiger partial charge is 0.318 e. The fraction of sp³-hybridized carbons (Fsp3) is 1.00. The molecule has 0 aliphatic heterocycles.